The molecule has 0 radical (unpaired) electrons. The van der Waals surface area contributed by atoms with Crippen molar-refractivity contribution in [2.75, 3.05) is 27.4 Å². The van der Waals surface area contributed by atoms with Crippen LogP contribution in [0, 0.1) is 0 Å². The van der Waals surface area contributed by atoms with E-state index in [0.29, 0.717) is 49.0 Å². The first-order valence-corrected chi connectivity index (χ1v) is 14.1. The molecule has 0 saturated heterocycles. The van der Waals surface area contributed by atoms with Gasteiger partial charge >= 0.3 is 11.9 Å². The van der Waals surface area contributed by atoms with Crippen molar-refractivity contribution < 1.29 is 33.6 Å². The second kappa shape index (κ2) is 12.8. The van der Waals surface area contributed by atoms with Crippen LogP contribution >= 0.6 is 11.3 Å². The Hall–Kier alpha value is -5.16. The number of carbonyl (C=O) groups excluding carboxylic acids is 1. The van der Waals surface area contributed by atoms with E-state index in [0.717, 1.165) is 0 Å². The number of esters is 1. The topological polar surface area (TPSA) is 126 Å². The molecule has 11 heteroatoms. The third-order valence-corrected chi connectivity index (χ3v) is 7.60. The third kappa shape index (κ3) is 6.07. The van der Waals surface area contributed by atoms with Crippen molar-refractivity contribution in [1.82, 2.24) is 4.57 Å². The minimum Gasteiger partial charge on any atom is -0.493 e. The summed E-state index contributed by atoms with van der Waals surface area (Å²) in [4.78, 5) is 43.9. The highest BCUT2D eigenvalue weighted by atomic mass is 32.1. The largest absolute Gasteiger partial charge is 0.493 e. The fourth-order valence-corrected chi connectivity index (χ4v) is 5.77. The molecule has 4 aromatic rings. The second-order valence-corrected chi connectivity index (χ2v) is 10.3. The monoisotopic (exact) mass is 600 g/mol. The summed E-state index contributed by atoms with van der Waals surface area (Å²) in [5.74, 6) is -0.415. The Labute approximate surface area is 250 Å². The normalized spacial score (nSPS) is 14.5. The quantitative estimate of drug-likeness (QED) is 0.275. The van der Waals surface area contributed by atoms with E-state index in [2.05, 4.69) is 0 Å². The summed E-state index contributed by atoms with van der Waals surface area (Å²) >= 11 is 1.17. The van der Waals surface area contributed by atoms with E-state index in [-0.39, 0.29) is 17.7 Å². The van der Waals surface area contributed by atoms with E-state index < -0.39 is 24.6 Å². The predicted molar refractivity (Wildman–Crippen MR) is 160 cm³/mol. The van der Waals surface area contributed by atoms with Gasteiger partial charge in [0.05, 0.1) is 42.7 Å². The highest BCUT2D eigenvalue weighted by Gasteiger charge is 2.35. The van der Waals surface area contributed by atoms with Crippen LogP contribution in [0.25, 0.3) is 11.8 Å². The van der Waals surface area contributed by atoms with Crippen LogP contribution in [0.15, 0.2) is 88.2 Å². The van der Waals surface area contributed by atoms with E-state index in [1.54, 1.807) is 55.5 Å². The number of methoxy groups -OCH3 is 2. The summed E-state index contributed by atoms with van der Waals surface area (Å²) in [6.45, 7) is 1.36. The molecule has 0 saturated carbocycles. The molecule has 0 fully saturated rings. The van der Waals surface area contributed by atoms with Crippen molar-refractivity contribution >= 4 is 35.0 Å². The van der Waals surface area contributed by atoms with Gasteiger partial charge in [0.1, 0.15) is 5.75 Å². The van der Waals surface area contributed by atoms with Crippen molar-refractivity contribution in [2.45, 2.75) is 13.0 Å². The van der Waals surface area contributed by atoms with Crippen LogP contribution in [0.4, 0.5) is 0 Å². The van der Waals surface area contributed by atoms with Crippen LogP contribution in [-0.4, -0.2) is 49.0 Å². The predicted octanol–water partition coefficient (Wildman–Crippen LogP) is 3.42. The minimum absolute atomic E-state index is 0.133. The number of carboxylic acids is 1. The van der Waals surface area contributed by atoms with E-state index in [4.69, 9.17) is 29.0 Å². The van der Waals surface area contributed by atoms with Gasteiger partial charge in [0.15, 0.2) is 22.9 Å². The number of hydrogen-bond acceptors (Lipinski definition) is 9. The lowest BCUT2D eigenvalue weighted by Gasteiger charge is -2.26. The van der Waals surface area contributed by atoms with Gasteiger partial charge in [-0.3, -0.25) is 9.36 Å². The molecular formula is C32H28N2O8S. The number of carbonyl (C=O) groups is 2. The molecule has 5 rings (SSSR count). The number of aromatic nitrogens is 1. The van der Waals surface area contributed by atoms with Crippen molar-refractivity contribution in [3.05, 3.63) is 115 Å². The summed E-state index contributed by atoms with van der Waals surface area (Å²) in [6, 6.07) is 20.4. The number of ether oxygens (including phenoxy) is 4. The molecule has 1 atom stereocenters. The van der Waals surface area contributed by atoms with E-state index >= 15 is 0 Å². The Morgan fingerprint density at radius 3 is 2.47 bits per heavy atom. The van der Waals surface area contributed by atoms with E-state index in [1.807, 2.05) is 30.3 Å². The van der Waals surface area contributed by atoms with Crippen LogP contribution in [0.2, 0.25) is 0 Å². The van der Waals surface area contributed by atoms with Gasteiger partial charge in [0, 0.05) is 5.56 Å². The maximum absolute atomic E-state index is 14.1. The van der Waals surface area contributed by atoms with Gasteiger partial charge in [-0.25, -0.2) is 14.6 Å². The smallest absolute Gasteiger partial charge is 0.341 e. The first-order chi connectivity index (χ1) is 20.8. The fraction of sp³-hybridized carbons (Fsp3) is 0.188. The molecule has 1 aromatic heterocycles. The van der Waals surface area contributed by atoms with Crippen LogP contribution in [0.3, 0.4) is 0 Å². The zero-order valence-electron chi connectivity index (χ0n) is 23.6. The van der Waals surface area contributed by atoms with Crippen LogP contribution in [0.5, 0.6) is 17.2 Å². The summed E-state index contributed by atoms with van der Waals surface area (Å²) in [7, 11) is 3.04. The molecule has 3 aromatic carbocycles. The number of thiazole rings is 1. The van der Waals surface area contributed by atoms with Gasteiger partial charge in [0.2, 0.25) is 0 Å². The van der Waals surface area contributed by atoms with Crippen LogP contribution < -0.4 is 29.1 Å². The maximum Gasteiger partial charge on any atom is 0.341 e. The molecule has 1 aliphatic heterocycles. The lowest BCUT2D eigenvalue weighted by Crippen LogP contribution is -2.40. The van der Waals surface area contributed by atoms with Gasteiger partial charge in [0.25, 0.3) is 5.56 Å². The molecule has 0 amide bonds. The molecule has 2 heterocycles. The zero-order chi connectivity index (χ0) is 30.5. The average Bonchev–Trinajstić information content (AvgIpc) is 3.33. The van der Waals surface area contributed by atoms with Gasteiger partial charge in [-0.2, -0.15) is 0 Å². The number of nitrogens with zero attached hydrogens (tertiary/aromatic N) is 2. The fourth-order valence-electron chi connectivity index (χ4n) is 4.77. The number of fused-ring (bicyclic) bond motifs is 1. The van der Waals surface area contributed by atoms with Crippen molar-refractivity contribution in [3.63, 3.8) is 0 Å². The number of aliphatic carboxylic acids is 1. The Kier molecular flexibility index (Phi) is 8.72. The second-order valence-electron chi connectivity index (χ2n) is 9.30. The molecule has 10 nitrogen and oxygen atoms in total. The highest BCUT2D eigenvalue weighted by molar-refractivity contribution is 7.07. The van der Waals surface area contributed by atoms with Gasteiger partial charge < -0.3 is 24.1 Å². The molecule has 1 aliphatic rings. The Morgan fingerprint density at radius 2 is 1.77 bits per heavy atom. The van der Waals surface area contributed by atoms with E-state index in [1.165, 1.54) is 30.1 Å². The minimum atomic E-state index is -1.10. The van der Waals surface area contributed by atoms with Crippen LogP contribution in [-0.2, 0) is 14.3 Å². The Balaban J connectivity index is 1.77. The van der Waals surface area contributed by atoms with Gasteiger partial charge in [-0.15, -0.1) is 0 Å². The van der Waals surface area contributed by atoms with Gasteiger partial charge in [-0.05, 0) is 48.4 Å². The van der Waals surface area contributed by atoms with Crippen LogP contribution in [0.1, 0.15) is 29.7 Å². The first-order valence-electron chi connectivity index (χ1n) is 13.3. The Morgan fingerprint density at radius 1 is 1.00 bits per heavy atom. The van der Waals surface area contributed by atoms with Crippen molar-refractivity contribution in [2.24, 2.45) is 4.99 Å². The lowest BCUT2D eigenvalue weighted by molar-refractivity contribution is -0.140. The molecule has 43 heavy (non-hydrogen) atoms. The number of benzene rings is 3. The van der Waals surface area contributed by atoms with E-state index in [9.17, 15) is 14.4 Å². The maximum atomic E-state index is 14.1. The summed E-state index contributed by atoms with van der Waals surface area (Å²) < 4.78 is 23.6. The highest BCUT2D eigenvalue weighted by Crippen LogP contribution is 2.38. The summed E-state index contributed by atoms with van der Waals surface area (Å²) in [5, 5.41) is 8.95. The number of carboxylic acid groups (broad SMARTS) is 1. The summed E-state index contributed by atoms with van der Waals surface area (Å²) in [5.41, 5.74) is 2.16. The SMILES string of the molecule is CCOC(=O)C1=C(c2ccccc2)N=c2s/c(=C\c3cccc(OCC(=O)O)c3)c(=O)n2[C@@H]1c1ccc(OC)c(OC)c1. The number of hydrogen-bond donors (Lipinski definition) is 1. The van der Waals surface area contributed by atoms with Crippen molar-refractivity contribution in [1.29, 1.82) is 0 Å². The molecule has 0 spiro atoms. The average molecular weight is 601 g/mol. The lowest BCUT2D eigenvalue weighted by atomic mass is 9.93. The van der Waals surface area contributed by atoms with Crippen molar-refractivity contribution in [3.8, 4) is 17.2 Å². The molecular weight excluding hydrogens is 572 g/mol. The first kappa shape index (κ1) is 29.3. The Bertz CT molecular complexity index is 1890. The molecule has 1 N–H and O–H groups in total. The molecule has 0 aliphatic carbocycles. The molecule has 0 bridgehead atoms. The number of rotatable bonds is 10. The standard InChI is InChI=1S/C32H28N2O8S/c1-4-41-31(38)27-28(20-10-6-5-7-11-20)33-32-34(29(27)21-13-14-23(39-2)24(17-21)40-3)30(37)25(43-32)16-19-9-8-12-22(15-19)42-18-26(35)36/h5-17,29H,4,18H2,1-3H3,(H,35,36)/b25-16-/t29-/m1/s1. The van der Waals surface area contributed by atoms with Gasteiger partial charge in [-0.1, -0.05) is 59.9 Å². The zero-order valence-corrected chi connectivity index (χ0v) is 24.4. The molecule has 0 unspecified atom stereocenters. The summed E-state index contributed by atoms with van der Waals surface area (Å²) in [6.07, 6.45) is 1.68. The molecule has 220 valence electrons. The third-order valence-electron chi connectivity index (χ3n) is 6.62.